The first-order valence-electron chi connectivity index (χ1n) is 7.75. The monoisotopic (exact) mass is 415 g/mol. The van der Waals surface area contributed by atoms with Crippen molar-refractivity contribution in [2.45, 2.75) is 24.4 Å². The van der Waals surface area contributed by atoms with Gasteiger partial charge in [0.1, 0.15) is 17.8 Å². The number of nitrogens with zero attached hydrogens (tertiary/aromatic N) is 1. The number of halogens is 1. The number of nitrogens with one attached hydrogen (secondary N) is 1. The predicted octanol–water partition coefficient (Wildman–Crippen LogP) is -1.58. The summed E-state index contributed by atoms with van der Waals surface area (Å²) in [6.07, 6.45) is -4.08. The van der Waals surface area contributed by atoms with Crippen LogP contribution in [0.2, 0.25) is 5.02 Å². The van der Waals surface area contributed by atoms with E-state index in [4.69, 9.17) is 34.7 Å². The number of anilines is 1. The minimum absolute atomic E-state index is 0.154. The van der Waals surface area contributed by atoms with Crippen molar-refractivity contribution in [3.8, 4) is 0 Å². The lowest BCUT2D eigenvalue weighted by atomic mass is 9.98. The van der Waals surface area contributed by atoms with Crippen LogP contribution in [0, 0.1) is 0 Å². The van der Waals surface area contributed by atoms with Gasteiger partial charge in [0.2, 0.25) is 0 Å². The van der Waals surface area contributed by atoms with Crippen LogP contribution >= 0.6 is 23.8 Å². The Morgan fingerprint density at radius 2 is 1.81 bits per heavy atom. The largest absolute Gasteiger partial charge is 0.394 e. The molecule has 27 heavy (non-hydrogen) atoms. The molecule has 146 valence electrons. The number of nitrogens with two attached hydrogens (primary N) is 1. The van der Waals surface area contributed by atoms with Crippen molar-refractivity contribution in [3.05, 3.63) is 40.9 Å². The molecule has 9 nitrogen and oxygen atoms in total. The molecule has 0 unspecified atom stereocenters. The third kappa shape index (κ3) is 4.68. The Bertz CT molecular complexity index is 772. The molecule has 1 saturated heterocycles. The number of carbonyl (C=O) groups is 2. The maximum Gasteiger partial charge on any atom is 0.269 e. The van der Waals surface area contributed by atoms with Crippen molar-refractivity contribution < 1.29 is 30.0 Å². The molecule has 4 atom stereocenters. The number of rotatable bonds is 6. The third-order valence-electron chi connectivity index (χ3n) is 3.89. The second-order valence-corrected chi connectivity index (χ2v) is 6.59. The van der Waals surface area contributed by atoms with Gasteiger partial charge in [0.25, 0.3) is 11.8 Å². The molecule has 2 rings (SSSR count). The molecule has 0 saturated carbocycles. The van der Waals surface area contributed by atoms with E-state index < -0.39 is 48.3 Å². The summed E-state index contributed by atoms with van der Waals surface area (Å²) in [5.41, 5.74) is 5.51. The van der Waals surface area contributed by atoms with E-state index in [0.29, 0.717) is 10.7 Å². The molecule has 11 heteroatoms. The number of hydrogen-bond acceptors (Lipinski definition) is 8. The number of amides is 2. The van der Waals surface area contributed by atoms with Crippen LogP contribution in [-0.2, 0) is 9.59 Å². The minimum atomic E-state index is -1.68. The summed E-state index contributed by atoms with van der Waals surface area (Å²) in [6.45, 7) is -0.782. The van der Waals surface area contributed by atoms with Crippen LogP contribution in [-0.4, -0.2) is 68.3 Å². The summed E-state index contributed by atoms with van der Waals surface area (Å²) in [6, 6.07) is 4.64. The second kappa shape index (κ2) is 8.85. The number of carbonyl (C=O) groups excluding carboxylic acids is 2. The van der Waals surface area contributed by atoms with Gasteiger partial charge in [0.15, 0.2) is 5.11 Å². The number of hydrogen-bond donors (Lipinski definition) is 6. The van der Waals surface area contributed by atoms with Crippen LogP contribution < -0.4 is 16.0 Å². The fourth-order valence-corrected chi connectivity index (χ4v) is 2.76. The van der Waals surface area contributed by atoms with Crippen molar-refractivity contribution in [2.24, 2.45) is 5.73 Å². The summed E-state index contributed by atoms with van der Waals surface area (Å²) in [5, 5.41) is 40.7. The lowest BCUT2D eigenvalue weighted by Crippen LogP contribution is -2.55. The van der Waals surface area contributed by atoms with Gasteiger partial charge in [-0.2, -0.15) is 0 Å². The number of thiocarbonyl (C=S) groups is 1. The Labute approximate surface area is 164 Å². The van der Waals surface area contributed by atoms with Crippen LogP contribution in [0.3, 0.4) is 0 Å². The molecule has 0 aromatic heterocycles. The highest BCUT2D eigenvalue weighted by atomic mass is 35.5. The van der Waals surface area contributed by atoms with Crippen molar-refractivity contribution in [2.75, 3.05) is 11.5 Å². The summed E-state index contributed by atoms with van der Waals surface area (Å²) < 4.78 is 0. The highest BCUT2D eigenvalue weighted by molar-refractivity contribution is 7.80. The van der Waals surface area contributed by atoms with E-state index >= 15 is 0 Å². The first-order chi connectivity index (χ1) is 12.7. The number of aliphatic hydroxyl groups is 4. The molecule has 1 aromatic rings. The first kappa shape index (κ1) is 21.4. The van der Waals surface area contributed by atoms with Crippen molar-refractivity contribution >= 4 is 46.4 Å². The molecule has 0 bridgehead atoms. The highest BCUT2D eigenvalue weighted by Gasteiger charge is 2.36. The van der Waals surface area contributed by atoms with Crippen molar-refractivity contribution in [3.63, 3.8) is 0 Å². The van der Waals surface area contributed by atoms with E-state index in [2.05, 4.69) is 5.32 Å². The summed E-state index contributed by atoms with van der Waals surface area (Å²) in [7, 11) is 0. The molecule has 0 aliphatic carbocycles. The molecule has 7 N–H and O–H groups in total. The number of aliphatic hydroxyl groups excluding tert-OH is 4. The summed E-state index contributed by atoms with van der Waals surface area (Å²) in [5.74, 6) is -1.66. The molecular weight excluding hydrogens is 398 g/mol. The van der Waals surface area contributed by atoms with Crippen LogP contribution in [0.4, 0.5) is 5.69 Å². The quantitative estimate of drug-likeness (QED) is 0.184. The van der Waals surface area contributed by atoms with Gasteiger partial charge >= 0.3 is 0 Å². The van der Waals surface area contributed by atoms with Gasteiger partial charge in [-0.25, -0.2) is 0 Å². The maximum atomic E-state index is 12.7. The van der Waals surface area contributed by atoms with Crippen molar-refractivity contribution in [1.82, 2.24) is 5.32 Å². The van der Waals surface area contributed by atoms with E-state index in [0.717, 1.165) is 11.0 Å². The standard InChI is InChI=1S/C16H18ClN3O6S/c17-7-1-3-8(4-2-7)20-15(26)9(14(25)19-16(20)27)5-10(22)12(18)13(24)11(23)6-21/h1-5,10-13,21-24H,6,18H2,(H,19,25,27)/b9-5-/t10-,11+,12+,13-/m1/s1. The van der Waals surface area contributed by atoms with Crippen LogP contribution in [0.1, 0.15) is 0 Å². The zero-order valence-corrected chi connectivity index (χ0v) is 15.4. The first-order valence-corrected chi connectivity index (χ1v) is 8.53. The molecule has 1 heterocycles. The van der Waals surface area contributed by atoms with E-state index in [9.17, 15) is 24.9 Å². The molecule has 1 aromatic carbocycles. The van der Waals surface area contributed by atoms with Gasteiger partial charge in [0.05, 0.1) is 24.4 Å². The highest BCUT2D eigenvalue weighted by Crippen LogP contribution is 2.23. The zero-order valence-electron chi connectivity index (χ0n) is 13.8. The zero-order chi connectivity index (χ0) is 20.3. The normalized spacial score (nSPS) is 21.0. The SMILES string of the molecule is N[C@H]([C@H](O)[C@@H](O)CO)[C@H](O)/C=C1/C(=O)NC(=S)N(c2ccc(Cl)cc2)C1=O. The van der Waals surface area contributed by atoms with E-state index in [-0.39, 0.29) is 5.11 Å². The van der Waals surface area contributed by atoms with Gasteiger partial charge in [0, 0.05) is 5.02 Å². The Morgan fingerprint density at radius 3 is 2.37 bits per heavy atom. The Balaban J connectivity index is 2.30. The fraction of sp³-hybridized carbons (Fsp3) is 0.312. The second-order valence-electron chi connectivity index (χ2n) is 5.77. The molecule has 0 radical (unpaired) electrons. The molecular formula is C16H18ClN3O6S. The lowest BCUT2D eigenvalue weighted by Gasteiger charge is -2.30. The maximum absolute atomic E-state index is 12.7. The van der Waals surface area contributed by atoms with Gasteiger partial charge in [-0.15, -0.1) is 0 Å². The Hall–Kier alpha value is -1.92. The third-order valence-corrected chi connectivity index (χ3v) is 4.43. The molecule has 1 aliphatic rings. The fourth-order valence-electron chi connectivity index (χ4n) is 2.35. The van der Waals surface area contributed by atoms with Gasteiger partial charge in [-0.1, -0.05) is 11.6 Å². The van der Waals surface area contributed by atoms with Crippen molar-refractivity contribution in [1.29, 1.82) is 0 Å². The molecule has 2 amide bonds. The summed E-state index contributed by atoms with van der Waals surface area (Å²) in [4.78, 5) is 25.9. The van der Waals surface area contributed by atoms with Gasteiger partial charge < -0.3 is 26.2 Å². The van der Waals surface area contributed by atoms with Crippen LogP contribution in [0.5, 0.6) is 0 Å². The van der Waals surface area contributed by atoms with Gasteiger partial charge in [-0.3, -0.25) is 19.8 Å². The lowest BCUT2D eigenvalue weighted by molar-refractivity contribution is -0.122. The smallest absolute Gasteiger partial charge is 0.269 e. The Morgan fingerprint density at radius 1 is 1.22 bits per heavy atom. The predicted molar refractivity (Wildman–Crippen MR) is 101 cm³/mol. The molecule has 1 fully saturated rings. The van der Waals surface area contributed by atoms with E-state index in [1.165, 1.54) is 24.3 Å². The van der Waals surface area contributed by atoms with Crippen LogP contribution in [0.25, 0.3) is 0 Å². The molecule has 1 aliphatic heterocycles. The van der Waals surface area contributed by atoms with Gasteiger partial charge in [-0.05, 0) is 42.6 Å². The number of benzene rings is 1. The average molecular weight is 416 g/mol. The topological polar surface area (TPSA) is 156 Å². The minimum Gasteiger partial charge on any atom is -0.394 e. The average Bonchev–Trinajstić information content (AvgIpc) is 2.64. The Kier molecular flexibility index (Phi) is 7.00. The molecule has 0 spiro atoms. The summed E-state index contributed by atoms with van der Waals surface area (Å²) >= 11 is 10.9. The van der Waals surface area contributed by atoms with E-state index in [1.54, 1.807) is 0 Å². The van der Waals surface area contributed by atoms with Crippen LogP contribution in [0.15, 0.2) is 35.9 Å². The van der Waals surface area contributed by atoms with E-state index in [1.807, 2.05) is 0 Å².